The summed E-state index contributed by atoms with van der Waals surface area (Å²) in [5.74, 6) is 0.626. The first-order valence-electron chi connectivity index (χ1n) is 14.1. The van der Waals surface area contributed by atoms with E-state index in [-0.39, 0.29) is 24.9 Å². The molecule has 0 unspecified atom stereocenters. The fourth-order valence-electron chi connectivity index (χ4n) is 4.89. The number of hydrogen-bond donors (Lipinski definition) is 0. The van der Waals surface area contributed by atoms with E-state index < -0.39 is 12.0 Å². The van der Waals surface area contributed by atoms with E-state index in [0.717, 1.165) is 10.0 Å². The van der Waals surface area contributed by atoms with Crippen LogP contribution in [0.4, 0.5) is 0 Å². The highest BCUT2D eigenvalue weighted by Crippen LogP contribution is 2.36. The van der Waals surface area contributed by atoms with Crippen molar-refractivity contribution < 1.29 is 19.0 Å². The molecule has 0 saturated heterocycles. The standard InChI is InChI=1S/C34H30BrN3O5S/c1-5-41-33(40)30-21(4)37-34-38(31(30)26-8-6-7-9-28(26)43-20(2)3)32(39)29(44-34)17-24-16-25(35)14-15-27(24)42-19-23-12-10-22(18-36)11-13-23/h6-17,20,31H,5,19H2,1-4H3/b29-17-/t31-/m1/s1. The Kier molecular flexibility index (Phi) is 9.47. The Labute approximate surface area is 267 Å². The molecule has 0 aliphatic carbocycles. The number of fused-ring (bicyclic) bond motifs is 1. The second-order valence-corrected chi connectivity index (χ2v) is 12.2. The van der Waals surface area contributed by atoms with Crippen molar-refractivity contribution in [2.45, 2.75) is 46.4 Å². The number of ether oxygens (including phenoxy) is 3. The number of hydrogen-bond acceptors (Lipinski definition) is 8. The fraction of sp³-hybridized carbons (Fsp3) is 0.235. The van der Waals surface area contributed by atoms with Gasteiger partial charge in [0.1, 0.15) is 24.1 Å². The van der Waals surface area contributed by atoms with Crippen LogP contribution in [0.3, 0.4) is 0 Å². The summed E-state index contributed by atoms with van der Waals surface area (Å²) >= 11 is 4.77. The Morgan fingerprint density at radius 2 is 1.89 bits per heavy atom. The quantitative estimate of drug-likeness (QED) is 0.209. The molecule has 0 radical (unpaired) electrons. The fourth-order valence-corrected chi connectivity index (χ4v) is 6.31. The second-order valence-electron chi connectivity index (χ2n) is 10.3. The van der Waals surface area contributed by atoms with Gasteiger partial charge in [-0.25, -0.2) is 9.79 Å². The number of halogens is 1. The van der Waals surface area contributed by atoms with Gasteiger partial charge in [0, 0.05) is 15.6 Å². The zero-order chi connectivity index (χ0) is 31.4. The molecule has 1 aromatic heterocycles. The number of rotatable bonds is 9. The lowest BCUT2D eigenvalue weighted by Crippen LogP contribution is -2.40. The van der Waals surface area contributed by atoms with Crippen molar-refractivity contribution in [3.8, 4) is 17.6 Å². The number of thiazole rings is 1. The number of esters is 1. The van der Waals surface area contributed by atoms with E-state index in [2.05, 4.69) is 27.0 Å². The van der Waals surface area contributed by atoms with Gasteiger partial charge >= 0.3 is 5.97 Å². The molecule has 10 heteroatoms. The zero-order valence-electron chi connectivity index (χ0n) is 24.7. The van der Waals surface area contributed by atoms with Gasteiger partial charge in [0.25, 0.3) is 5.56 Å². The molecular formula is C34H30BrN3O5S. The van der Waals surface area contributed by atoms with Crippen LogP contribution in [-0.4, -0.2) is 23.2 Å². The number of allylic oxidation sites excluding steroid dienone is 1. The first-order chi connectivity index (χ1) is 21.2. The maximum absolute atomic E-state index is 14.2. The van der Waals surface area contributed by atoms with Crippen molar-refractivity contribution in [3.63, 3.8) is 0 Å². The average Bonchev–Trinajstić information content (AvgIpc) is 3.30. The number of carbonyl (C=O) groups excluding carboxylic acids is 1. The van der Waals surface area contributed by atoms with E-state index in [1.54, 1.807) is 36.6 Å². The van der Waals surface area contributed by atoms with E-state index in [0.29, 0.717) is 48.8 Å². The molecule has 0 saturated carbocycles. The lowest BCUT2D eigenvalue weighted by Gasteiger charge is -2.26. The Morgan fingerprint density at radius 3 is 2.59 bits per heavy atom. The minimum atomic E-state index is -0.794. The molecule has 1 aliphatic heterocycles. The predicted octanol–water partition coefficient (Wildman–Crippen LogP) is 5.80. The number of nitrogens with zero attached hydrogens (tertiary/aromatic N) is 3. The summed E-state index contributed by atoms with van der Waals surface area (Å²) < 4.78 is 20.5. The van der Waals surface area contributed by atoms with Gasteiger partial charge in [-0.3, -0.25) is 9.36 Å². The average molecular weight is 673 g/mol. The summed E-state index contributed by atoms with van der Waals surface area (Å²) in [5, 5.41) is 9.08. The summed E-state index contributed by atoms with van der Waals surface area (Å²) in [5.41, 5.74) is 3.31. The van der Waals surface area contributed by atoms with E-state index >= 15 is 0 Å². The maximum Gasteiger partial charge on any atom is 0.338 e. The van der Waals surface area contributed by atoms with E-state index in [9.17, 15) is 9.59 Å². The zero-order valence-corrected chi connectivity index (χ0v) is 27.1. The van der Waals surface area contributed by atoms with E-state index in [4.69, 9.17) is 19.5 Å². The molecule has 0 amide bonds. The Morgan fingerprint density at radius 1 is 1.14 bits per heavy atom. The van der Waals surface area contributed by atoms with Gasteiger partial charge in [-0.2, -0.15) is 5.26 Å². The molecule has 0 spiro atoms. The Bertz CT molecular complexity index is 1970. The van der Waals surface area contributed by atoms with Crippen molar-refractivity contribution in [1.82, 2.24) is 4.57 Å². The SMILES string of the molecule is CCOC(=O)C1=C(C)N=c2s/c(=C\c3cc(Br)ccc3OCc3ccc(C#N)cc3)c(=O)n2[C@@H]1c1ccccc1OC(C)C. The third-order valence-electron chi connectivity index (χ3n) is 6.83. The Hall–Kier alpha value is -4.46. The topological polar surface area (TPSA) is 103 Å². The summed E-state index contributed by atoms with van der Waals surface area (Å²) in [7, 11) is 0. The molecular weight excluding hydrogens is 642 g/mol. The molecule has 4 aromatic rings. The molecule has 8 nitrogen and oxygen atoms in total. The van der Waals surface area contributed by atoms with Crippen molar-refractivity contribution in [2.24, 2.45) is 4.99 Å². The van der Waals surface area contributed by atoms with Crippen LogP contribution in [0.5, 0.6) is 11.5 Å². The molecule has 0 N–H and O–H groups in total. The van der Waals surface area contributed by atoms with Gasteiger partial charge < -0.3 is 14.2 Å². The van der Waals surface area contributed by atoms with E-state index in [1.807, 2.05) is 68.4 Å². The lowest BCUT2D eigenvalue weighted by molar-refractivity contribution is -0.139. The first-order valence-corrected chi connectivity index (χ1v) is 15.7. The molecule has 1 atom stereocenters. The van der Waals surface area contributed by atoms with E-state index in [1.165, 1.54) is 11.3 Å². The summed E-state index contributed by atoms with van der Waals surface area (Å²) in [6, 6.07) is 21.5. The highest BCUT2D eigenvalue weighted by Gasteiger charge is 2.35. The van der Waals surface area contributed by atoms with Gasteiger partial charge in [0.05, 0.1) is 40.1 Å². The monoisotopic (exact) mass is 671 g/mol. The van der Waals surface area contributed by atoms with Gasteiger partial charge in [-0.1, -0.05) is 57.6 Å². The number of benzene rings is 3. The van der Waals surface area contributed by atoms with Crippen molar-refractivity contribution in [1.29, 1.82) is 5.26 Å². The van der Waals surface area contributed by atoms with Gasteiger partial charge in [0.2, 0.25) is 0 Å². The number of carbonyl (C=O) groups is 1. The van der Waals surface area contributed by atoms with Crippen molar-refractivity contribution >= 4 is 39.3 Å². The van der Waals surface area contributed by atoms with Crippen LogP contribution in [-0.2, 0) is 16.1 Å². The normalized spacial score (nSPS) is 14.6. The highest BCUT2D eigenvalue weighted by atomic mass is 79.9. The number of aromatic nitrogens is 1. The third-order valence-corrected chi connectivity index (χ3v) is 8.31. The molecule has 0 bridgehead atoms. The maximum atomic E-state index is 14.2. The predicted molar refractivity (Wildman–Crippen MR) is 172 cm³/mol. The minimum Gasteiger partial charge on any atom is -0.491 e. The summed E-state index contributed by atoms with van der Waals surface area (Å²) in [6.45, 7) is 7.82. The van der Waals surface area contributed by atoms with Crippen LogP contribution in [0.25, 0.3) is 6.08 Å². The number of nitriles is 1. The molecule has 44 heavy (non-hydrogen) atoms. The molecule has 5 rings (SSSR count). The van der Waals surface area contributed by atoms with Crippen LogP contribution in [0.1, 0.15) is 56.0 Å². The molecule has 1 aliphatic rings. The van der Waals surface area contributed by atoms with Gasteiger partial charge in [-0.05, 0) is 75.7 Å². The minimum absolute atomic E-state index is 0.123. The second kappa shape index (κ2) is 13.5. The van der Waals surface area contributed by atoms with Crippen LogP contribution in [0.2, 0.25) is 0 Å². The lowest BCUT2D eigenvalue weighted by atomic mass is 9.95. The Balaban J connectivity index is 1.63. The molecule has 3 aromatic carbocycles. The third kappa shape index (κ3) is 6.54. The van der Waals surface area contributed by atoms with Crippen molar-refractivity contribution in [2.75, 3.05) is 6.61 Å². The van der Waals surface area contributed by atoms with Crippen LogP contribution in [0, 0.1) is 11.3 Å². The summed E-state index contributed by atoms with van der Waals surface area (Å²) in [4.78, 5) is 32.7. The van der Waals surface area contributed by atoms with Crippen LogP contribution in [0.15, 0.2) is 92.3 Å². The largest absolute Gasteiger partial charge is 0.491 e. The smallest absolute Gasteiger partial charge is 0.338 e. The van der Waals surface area contributed by atoms with Crippen LogP contribution >= 0.6 is 27.3 Å². The van der Waals surface area contributed by atoms with Gasteiger partial charge in [0.15, 0.2) is 4.80 Å². The highest BCUT2D eigenvalue weighted by molar-refractivity contribution is 9.10. The number of para-hydroxylation sites is 1. The summed E-state index contributed by atoms with van der Waals surface area (Å²) in [6.07, 6.45) is 1.65. The van der Waals surface area contributed by atoms with Crippen LogP contribution < -0.4 is 24.4 Å². The molecule has 0 fully saturated rings. The molecule has 224 valence electrons. The molecule has 2 heterocycles. The van der Waals surface area contributed by atoms with Crippen molar-refractivity contribution in [3.05, 3.63) is 124 Å². The first kappa shape index (κ1) is 31.0. The van der Waals surface area contributed by atoms with Gasteiger partial charge in [-0.15, -0.1) is 0 Å².